The van der Waals surface area contributed by atoms with E-state index >= 15 is 0 Å². The Kier molecular flexibility index (Phi) is 6.08. The molecule has 3 rings (SSSR count). The van der Waals surface area contributed by atoms with E-state index in [9.17, 15) is 14.0 Å². The smallest absolute Gasteiger partial charge is 0.272 e. The molecule has 27 heavy (non-hydrogen) atoms. The van der Waals surface area contributed by atoms with Gasteiger partial charge in [0.25, 0.3) is 11.8 Å². The molecule has 8 heteroatoms. The van der Waals surface area contributed by atoms with Crippen LogP contribution in [0.3, 0.4) is 0 Å². The van der Waals surface area contributed by atoms with Gasteiger partial charge in [-0.25, -0.2) is 14.4 Å². The molecule has 2 aromatic rings. The van der Waals surface area contributed by atoms with Crippen LogP contribution in [0.1, 0.15) is 52.2 Å². The van der Waals surface area contributed by atoms with Crippen LogP contribution in [0, 0.1) is 5.82 Å². The first-order valence-corrected chi connectivity index (χ1v) is 8.93. The summed E-state index contributed by atoms with van der Waals surface area (Å²) in [4.78, 5) is 33.1. The van der Waals surface area contributed by atoms with Gasteiger partial charge in [-0.05, 0) is 43.4 Å². The molecule has 1 aliphatic carbocycles. The molecule has 1 aliphatic rings. The summed E-state index contributed by atoms with van der Waals surface area (Å²) in [5, 5.41) is 5.59. The highest BCUT2D eigenvalue weighted by molar-refractivity contribution is 6.04. The van der Waals surface area contributed by atoms with Crippen molar-refractivity contribution in [2.45, 2.75) is 44.3 Å². The van der Waals surface area contributed by atoms with Crippen molar-refractivity contribution >= 4 is 11.8 Å². The number of nitrogens with two attached hydrogens (primary N) is 1. The van der Waals surface area contributed by atoms with Crippen LogP contribution in [0.15, 0.2) is 36.7 Å². The van der Waals surface area contributed by atoms with Crippen LogP contribution < -0.4 is 16.4 Å². The molecular weight excluding hydrogens is 349 g/mol. The maximum atomic E-state index is 12.9. The van der Waals surface area contributed by atoms with Gasteiger partial charge in [-0.3, -0.25) is 9.59 Å². The summed E-state index contributed by atoms with van der Waals surface area (Å²) in [6.45, 7) is 0.192. The van der Waals surface area contributed by atoms with Crippen LogP contribution in [-0.2, 0) is 6.54 Å². The zero-order valence-electron chi connectivity index (χ0n) is 14.8. The standard InChI is InChI=1S/C19H22FN5O2/c20-13-3-1-12(2-4-13)11-24-18(26)16-17(23-10-9-22-16)19(27)25-15-7-5-14(21)6-8-15/h1-4,9-10,14-15H,5-8,11,21H2,(H,24,26)(H,25,27). The van der Waals surface area contributed by atoms with Crippen molar-refractivity contribution in [3.63, 3.8) is 0 Å². The minimum absolute atomic E-state index is 0.0102. The van der Waals surface area contributed by atoms with E-state index in [1.54, 1.807) is 12.1 Å². The highest BCUT2D eigenvalue weighted by Crippen LogP contribution is 2.17. The van der Waals surface area contributed by atoms with Gasteiger partial charge in [-0.2, -0.15) is 0 Å². The third-order valence-corrected chi connectivity index (χ3v) is 4.60. The summed E-state index contributed by atoms with van der Waals surface area (Å²) in [7, 11) is 0. The fraction of sp³-hybridized carbons (Fsp3) is 0.368. The summed E-state index contributed by atoms with van der Waals surface area (Å²) in [6.07, 6.45) is 6.07. The first-order valence-electron chi connectivity index (χ1n) is 8.93. The molecule has 1 saturated carbocycles. The summed E-state index contributed by atoms with van der Waals surface area (Å²) in [5.41, 5.74) is 6.57. The Morgan fingerprint density at radius 3 is 2.22 bits per heavy atom. The largest absolute Gasteiger partial charge is 0.348 e. The molecule has 0 atom stereocenters. The number of halogens is 1. The number of nitrogens with one attached hydrogen (secondary N) is 2. The summed E-state index contributed by atoms with van der Waals surface area (Å²) in [5.74, 6) is -1.28. The number of benzene rings is 1. The van der Waals surface area contributed by atoms with Crippen molar-refractivity contribution in [3.8, 4) is 0 Å². The minimum Gasteiger partial charge on any atom is -0.348 e. The molecule has 1 aromatic carbocycles. The van der Waals surface area contributed by atoms with Crippen molar-refractivity contribution in [1.82, 2.24) is 20.6 Å². The number of amides is 2. The quantitative estimate of drug-likeness (QED) is 0.739. The van der Waals surface area contributed by atoms with Gasteiger partial charge in [0.2, 0.25) is 0 Å². The monoisotopic (exact) mass is 371 g/mol. The van der Waals surface area contributed by atoms with Crippen molar-refractivity contribution in [1.29, 1.82) is 0 Å². The Labute approximate surface area is 156 Å². The van der Waals surface area contributed by atoms with Crippen LogP contribution in [0.2, 0.25) is 0 Å². The van der Waals surface area contributed by atoms with Crippen molar-refractivity contribution in [3.05, 3.63) is 59.4 Å². The SMILES string of the molecule is NC1CCC(NC(=O)c2nccnc2C(=O)NCc2ccc(F)cc2)CC1. The summed E-state index contributed by atoms with van der Waals surface area (Å²) in [6, 6.07) is 6.00. The van der Waals surface area contributed by atoms with E-state index in [0.717, 1.165) is 31.2 Å². The predicted molar refractivity (Wildman–Crippen MR) is 97.3 cm³/mol. The normalized spacial score (nSPS) is 19.3. The third-order valence-electron chi connectivity index (χ3n) is 4.60. The van der Waals surface area contributed by atoms with E-state index < -0.39 is 11.8 Å². The number of carbonyl (C=O) groups is 2. The molecule has 0 bridgehead atoms. The van der Waals surface area contributed by atoms with Crippen LogP contribution in [-0.4, -0.2) is 33.9 Å². The Morgan fingerprint density at radius 1 is 1.00 bits per heavy atom. The molecule has 1 fully saturated rings. The molecule has 4 N–H and O–H groups in total. The molecular formula is C19H22FN5O2. The topological polar surface area (TPSA) is 110 Å². The lowest BCUT2D eigenvalue weighted by molar-refractivity contribution is 0.0893. The Morgan fingerprint density at radius 2 is 1.59 bits per heavy atom. The molecule has 0 aliphatic heterocycles. The van der Waals surface area contributed by atoms with E-state index in [4.69, 9.17) is 5.73 Å². The highest BCUT2D eigenvalue weighted by atomic mass is 19.1. The van der Waals surface area contributed by atoms with Crippen LogP contribution in [0.25, 0.3) is 0 Å². The molecule has 0 saturated heterocycles. The lowest BCUT2D eigenvalue weighted by atomic mass is 9.92. The van der Waals surface area contributed by atoms with Crippen molar-refractivity contribution < 1.29 is 14.0 Å². The zero-order chi connectivity index (χ0) is 19.2. The number of aromatic nitrogens is 2. The molecule has 142 valence electrons. The number of hydrogen-bond acceptors (Lipinski definition) is 5. The van der Waals surface area contributed by atoms with Crippen molar-refractivity contribution in [2.75, 3.05) is 0 Å². The maximum Gasteiger partial charge on any atom is 0.272 e. The van der Waals surface area contributed by atoms with E-state index in [0.29, 0.717) is 0 Å². The number of hydrogen-bond donors (Lipinski definition) is 3. The number of carbonyl (C=O) groups excluding carboxylic acids is 2. The second-order valence-electron chi connectivity index (χ2n) is 6.65. The van der Waals surface area contributed by atoms with Gasteiger partial charge in [-0.15, -0.1) is 0 Å². The second kappa shape index (κ2) is 8.68. The average molecular weight is 371 g/mol. The maximum absolute atomic E-state index is 12.9. The van der Waals surface area contributed by atoms with E-state index in [2.05, 4.69) is 20.6 Å². The minimum atomic E-state index is -0.511. The lowest BCUT2D eigenvalue weighted by Crippen LogP contribution is -2.41. The molecule has 0 radical (unpaired) electrons. The zero-order valence-corrected chi connectivity index (χ0v) is 14.8. The van der Waals surface area contributed by atoms with Gasteiger partial charge in [0.05, 0.1) is 0 Å². The van der Waals surface area contributed by atoms with Gasteiger partial charge in [0.1, 0.15) is 5.82 Å². The second-order valence-corrected chi connectivity index (χ2v) is 6.65. The highest BCUT2D eigenvalue weighted by Gasteiger charge is 2.24. The first kappa shape index (κ1) is 18.9. The summed E-state index contributed by atoms with van der Waals surface area (Å²) < 4.78 is 12.9. The van der Waals surface area contributed by atoms with Gasteiger partial charge >= 0.3 is 0 Å². The fourth-order valence-electron chi connectivity index (χ4n) is 3.06. The number of nitrogens with zero attached hydrogens (tertiary/aromatic N) is 2. The van der Waals surface area contributed by atoms with Gasteiger partial charge in [0, 0.05) is 31.0 Å². The molecule has 2 amide bonds. The predicted octanol–water partition coefficient (Wildman–Crippen LogP) is 1.55. The molecule has 7 nitrogen and oxygen atoms in total. The fourth-order valence-corrected chi connectivity index (χ4v) is 3.06. The molecule has 1 heterocycles. The van der Waals surface area contributed by atoms with Gasteiger partial charge in [-0.1, -0.05) is 12.1 Å². The lowest BCUT2D eigenvalue weighted by Gasteiger charge is -2.26. The van der Waals surface area contributed by atoms with E-state index in [1.165, 1.54) is 24.5 Å². The van der Waals surface area contributed by atoms with Crippen LogP contribution in [0.4, 0.5) is 4.39 Å². The average Bonchev–Trinajstić information content (AvgIpc) is 2.69. The first-order chi connectivity index (χ1) is 13.0. The van der Waals surface area contributed by atoms with Crippen molar-refractivity contribution in [2.24, 2.45) is 5.73 Å². The van der Waals surface area contributed by atoms with Crippen LogP contribution in [0.5, 0.6) is 0 Å². The third kappa shape index (κ3) is 5.07. The Balaban J connectivity index is 1.64. The van der Waals surface area contributed by atoms with Gasteiger partial charge in [0.15, 0.2) is 11.4 Å². The molecule has 0 spiro atoms. The molecule has 0 unspecified atom stereocenters. The van der Waals surface area contributed by atoms with E-state index in [1.807, 2.05) is 0 Å². The number of rotatable bonds is 5. The summed E-state index contributed by atoms with van der Waals surface area (Å²) >= 11 is 0. The van der Waals surface area contributed by atoms with Crippen LogP contribution >= 0.6 is 0 Å². The Hall–Kier alpha value is -2.87. The van der Waals surface area contributed by atoms with Gasteiger partial charge < -0.3 is 16.4 Å². The molecule has 1 aromatic heterocycles. The van der Waals surface area contributed by atoms with E-state index in [-0.39, 0.29) is 35.8 Å². The Bertz CT molecular complexity index is 804.